The fourth-order valence-corrected chi connectivity index (χ4v) is 4.16. The Kier molecular flexibility index (Phi) is 7.11. The Bertz CT molecular complexity index is 804. The Balaban J connectivity index is 2.10. The second-order valence-corrected chi connectivity index (χ2v) is 8.87. The van der Waals surface area contributed by atoms with E-state index in [4.69, 9.17) is 16.3 Å². The van der Waals surface area contributed by atoms with Crippen LogP contribution in [-0.2, 0) is 24.3 Å². The first kappa shape index (κ1) is 21.5. The zero-order chi connectivity index (χ0) is 20.2. The van der Waals surface area contributed by atoms with E-state index in [0.717, 1.165) is 10.6 Å². The van der Waals surface area contributed by atoms with Crippen LogP contribution >= 0.6 is 11.6 Å². The Morgan fingerprint density at radius 3 is 2.48 bits per heavy atom. The normalized spacial score (nSPS) is 15.5. The van der Waals surface area contributed by atoms with Crippen molar-refractivity contribution >= 4 is 39.2 Å². The lowest BCUT2D eigenvalue weighted by molar-refractivity contribution is -0.151. The van der Waals surface area contributed by atoms with Crippen LogP contribution in [-0.4, -0.2) is 57.7 Å². The van der Waals surface area contributed by atoms with E-state index in [1.807, 2.05) is 0 Å². The molecule has 1 amide bonds. The maximum Gasteiger partial charge on any atom is 0.309 e. The molecule has 0 bridgehead atoms. The number of carbonyl (C=O) groups excluding carboxylic acids is 2. The van der Waals surface area contributed by atoms with E-state index in [9.17, 15) is 18.0 Å². The van der Waals surface area contributed by atoms with Gasteiger partial charge in [0.2, 0.25) is 15.9 Å². The number of hydrogen-bond donors (Lipinski definition) is 0. The van der Waals surface area contributed by atoms with Crippen molar-refractivity contribution in [1.29, 1.82) is 0 Å². The van der Waals surface area contributed by atoms with E-state index >= 15 is 0 Å². The first-order valence-electron chi connectivity index (χ1n) is 8.82. The molecular formula is C18H25ClN2O5S. The Labute approximate surface area is 165 Å². The molecule has 1 saturated heterocycles. The van der Waals surface area contributed by atoms with Gasteiger partial charge < -0.3 is 9.64 Å². The summed E-state index contributed by atoms with van der Waals surface area (Å²) in [5.41, 5.74) is 0.984. The van der Waals surface area contributed by atoms with Crippen molar-refractivity contribution < 1.29 is 22.7 Å². The number of esters is 1. The summed E-state index contributed by atoms with van der Waals surface area (Å²) in [6.45, 7) is 4.30. The average molecular weight is 417 g/mol. The van der Waals surface area contributed by atoms with Gasteiger partial charge in [-0.25, -0.2) is 8.42 Å². The number of nitrogens with zero attached hydrogens (tertiary/aromatic N) is 2. The van der Waals surface area contributed by atoms with Crippen LogP contribution in [0.2, 0.25) is 5.02 Å². The largest absolute Gasteiger partial charge is 0.466 e. The van der Waals surface area contributed by atoms with Gasteiger partial charge in [-0.05, 0) is 44.4 Å². The van der Waals surface area contributed by atoms with Crippen molar-refractivity contribution in [3.8, 4) is 0 Å². The minimum Gasteiger partial charge on any atom is -0.466 e. The molecule has 1 fully saturated rings. The Morgan fingerprint density at radius 2 is 1.93 bits per heavy atom. The highest BCUT2D eigenvalue weighted by molar-refractivity contribution is 7.92. The van der Waals surface area contributed by atoms with Gasteiger partial charge in [-0.15, -0.1) is 0 Å². The molecule has 0 spiro atoms. The van der Waals surface area contributed by atoms with Gasteiger partial charge in [-0.3, -0.25) is 13.9 Å². The minimum atomic E-state index is -3.67. The summed E-state index contributed by atoms with van der Waals surface area (Å²) in [5.74, 6) is -0.755. The molecule has 0 unspecified atom stereocenters. The highest BCUT2D eigenvalue weighted by Crippen LogP contribution is 2.28. The van der Waals surface area contributed by atoms with Gasteiger partial charge in [0.15, 0.2) is 0 Å². The molecular weight excluding hydrogens is 392 g/mol. The van der Waals surface area contributed by atoms with Gasteiger partial charge in [0.25, 0.3) is 0 Å². The zero-order valence-corrected chi connectivity index (χ0v) is 17.3. The summed E-state index contributed by atoms with van der Waals surface area (Å²) in [4.78, 5) is 26.1. The second-order valence-electron chi connectivity index (χ2n) is 6.56. The number of halogens is 1. The summed E-state index contributed by atoms with van der Waals surface area (Å²) in [5, 5.41) is 0.434. The molecule has 9 heteroatoms. The number of ether oxygens (including phenoxy) is 1. The highest BCUT2D eigenvalue weighted by Gasteiger charge is 2.30. The zero-order valence-electron chi connectivity index (χ0n) is 15.8. The third-order valence-corrected chi connectivity index (χ3v) is 6.19. The summed E-state index contributed by atoms with van der Waals surface area (Å²) in [7, 11) is -3.67. The molecule has 7 nitrogen and oxygen atoms in total. The molecule has 0 saturated carbocycles. The van der Waals surface area contributed by atoms with Crippen molar-refractivity contribution in [1.82, 2.24) is 4.90 Å². The Hall–Kier alpha value is -1.80. The van der Waals surface area contributed by atoms with Crippen LogP contribution in [0.15, 0.2) is 18.2 Å². The number of benzene rings is 1. The number of amides is 1. The van der Waals surface area contributed by atoms with E-state index in [1.165, 1.54) is 0 Å². The van der Waals surface area contributed by atoms with Crippen LogP contribution in [0, 0.1) is 12.8 Å². The molecule has 1 aromatic rings. The van der Waals surface area contributed by atoms with Crippen molar-refractivity contribution in [3.63, 3.8) is 0 Å². The van der Waals surface area contributed by atoms with Crippen molar-refractivity contribution in [2.45, 2.75) is 26.7 Å². The number of piperidine rings is 1. The van der Waals surface area contributed by atoms with Crippen molar-refractivity contribution in [3.05, 3.63) is 28.8 Å². The van der Waals surface area contributed by atoms with Crippen LogP contribution in [0.4, 0.5) is 5.69 Å². The van der Waals surface area contributed by atoms with Gasteiger partial charge in [0.1, 0.15) is 6.54 Å². The molecule has 0 atom stereocenters. The molecule has 27 heavy (non-hydrogen) atoms. The average Bonchev–Trinajstić information content (AvgIpc) is 2.61. The van der Waals surface area contributed by atoms with Crippen LogP contribution in [0.1, 0.15) is 25.3 Å². The molecule has 0 radical (unpaired) electrons. The summed E-state index contributed by atoms with van der Waals surface area (Å²) in [6.07, 6.45) is 2.09. The fourth-order valence-electron chi connectivity index (χ4n) is 3.09. The second kappa shape index (κ2) is 8.93. The van der Waals surface area contributed by atoms with E-state index in [-0.39, 0.29) is 24.3 Å². The van der Waals surface area contributed by atoms with Crippen LogP contribution in [0.3, 0.4) is 0 Å². The SMILES string of the molecule is CCOC(=O)C1CCN(C(=O)CN(c2cccc(Cl)c2C)S(C)(=O)=O)CC1. The molecule has 1 aromatic carbocycles. The van der Waals surface area contributed by atoms with Crippen LogP contribution < -0.4 is 4.31 Å². The van der Waals surface area contributed by atoms with E-state index in [0.29, 0.717) is 48.8 Å². The predicted molar refractivity (Wildman–Crippen MR) is 104 cm³/mol. The fraction of sp³-hybridized carbons (Fsp3) is 0.556. The van der Waals surface area contributed by atoms with Gasteiger partial charge in [0.05, 0.1) is 24.5 Å². The first-order chi connectivity index (χ1) is 12.6. The molecule has 0 aromatic heterocycles. The van der Waals surface area contributed by atoms with E-state index in [1.54, 1.807) is 36.9 Å². The molecule has 1 heterocycles. The van der Waals surface area contributed by atoms with Crippen molar-refractivity contribution in [2.75, 3.05) is 36.8 Å². The maximum atomic E-state index is 12.7. The highest BCUT2D eigenvalue weighted by atomic mass is 35.5. The molecule has 150 valence electrons. The quantitative estimate of drug-likeness (QED) is 0.664. The topological polar surface area (TPSA) is 84.0 Å². The number of sulfonamides is 1. The molecule has 0 aliphatic carbocycles. The van der Waals surface area contributed by atoms with Crippen LogP contribution in [0.5, 0.6) is 0 Å². The summed E-state index contributed by atoms with van der Waals surface area (Å²) < 4.78 is 30.7. The predicted octanol–water partition coefficient (Wildman–Crippen LogP) is 2.22. The third-order valence-electron chi connectivity index (χ3n) is 4.65. The van der Waals surface area contributed by atoms with Gasteiger partial charge in [-0.1, -0.05) is 17.7 Å². The maximum absolute atomic E-state index is 12.7. The van der Waals surface area contributed by atoms with Gasteiger partial charge in [0, 0.05) is 18.1 Å². The van der Waals surface area contributed by atoms with Crippen molar-refractivity contribution in [2.24, 2.45) is 5.92 Å². The molecule has 1 aliphatic rings. The molecule has 0 N–H and O–H groups in total. The number of rotatable bonds is 6. The minimum absolute atomic E-state index is 0.213. The van der Waals surface area contributed by atoms with Gasteiger partial charge >= 0.3 is 5.97 Å². The molecule has 2 rings (SSSR count). The first-order valence-corrected chi connectivity index (χ1v) is 11.0. The third kappa shape index (κ3) is 5.35. The smallest absolute Gasteiger partial charge is 0.309 e. The standard InChI is InChI=1S/C18H25ClN2O5S/c1-4-26-18(23)14-8-10-20(11-9-14)17(22)12-21(27(3,24)25)16-7-5-6-15(19)13(16)2/h5-7,14H,4,8-12H2,1-3H3. The number of likely N-dealkylation sites (tertiary alicyclic amines) is 1. The van der Waals surface area contributed by atoms with E-state index in [2.05, 4.69) is 0 Å². The lowest BCUT2D eigenvalue weighted by atomic mass is 9.97. The number of hydrogen-bond acceptors (Lipinski definition) is 5. The van der Waals surface area contributed by atoms with E-state index < -0.39 is 10.0 Å². The lowest BCUT2D eigenvalue weighted by Crippen LogP contribution is -2.46. The molecule has 1 aliphatic heterocycles. The number of anilines is 1. The summed E-state index contributed by atoms with van der Waals surface area (Å²) in [6, 6.07) is 4.95. The van der Waals surface area contributed by atoms with Crippen LogP contribution in [0.25, 0.3) is 0 Å². The summed E-state index contributed by atoms with van der Waals surface area (Å²) >= 11 is 6.10. The number of carbonyl (C=O) groups is 2. The van der Waals surface area contributed by atoms with Gasteiger partial charge in [-0.2, -0.15) is 0 Å². The lowest BCUT2D eigenvalue weighted by Gasteiger charge is -2.33. The monoisotopic (exact) mass is 416 g/mol. The Morgan fingerprint density at radius 1 is 1.30 bits per heavy atom.